The lowest BCUT2D eigenvalue weighted by Crippen LogP contribution is -2.23. The van der Waals surface area contributed by atoms with Gasteiger partial charge in [-0.3, -0.25) is 9.00 Å². The molecule has 0 saturated carbocycles. The molecule has 0 fully saturated rings. The fourth-order valence-electron chi connectivity index (χ4n) is 2.73. The second-order valence-corrected chi connectivity index (χ2v) is 7.88. The molecule has 0 radical (unpaired) electrons. The summed E-state index contributed by atoms with van der Waals surface area (Å²) in [4.78, 5) is 25.1. The number of anilines is 1. The first-order valence-corrected chi connectivity index (χ1v) is 10.4. The number of rotatable bonds is 7. The van der Waals surface area contributed by atoms with E-state index in [-0.39, 0.29) is 5.56 Å². The second kappa shape index (κ2) is 9.29. The number of carbonyl (C=O) groups excluding carboxylic acids is 2. The van der Waals surface area contributed by atoms with E-state index in [9.17, 15) is 13.8 Å². The largest absolute Gasteiger partial charge is 0.452 e. The molecule has 0 saturated heterocycles. The lowest BCUT2D eigenvalue weighted by molar-refractivity contribution is -0.119. The molecule has 0 bridgehead atoms. The van der Waals surface area contributed by atoms with Gasteiger partial charge < -0.3 is 10.1 Å². The minimum Gasteiger partial charge on any atom is -0.452 e. The van der Waals surface area contributed by atoms with Gasteiger partial charge in [-0.2, -0.15) is 5.10 Å². The van der Waals surface area contributed by atoms with Gasteiger partial charge in [0.05, 0.1) is 32.6 Å². The highest BCUT2D eigenvalue weighted by Gasteiger charge is 2.18. The molecule has 0 aliphatic heterocycles. The molecule has 29 heavy (non-hydrogen) atoms. The van der Waals surface area contributed by atoms with Crippen LogP contribution in [-0.4, -0.2) is 38.2 Å². The molecular formula is C21H21N3O4S. The number of benzene rings is 2. The molecule has 150 valence electrons. The minimum absolute atomic E-state index is 0.200. The lowest BCUT2D eigenvalue weighted by Gasteiger charge is -2.10. The van der Waals surface area contributed by atoms with E-state index in [0.29, 0.717) is 16.5 Å². The first kappa shape index (κ1) is 20.5. The van der Waals surface area contributed by atoms with E-state index in [1.807, 2.05) is 37.3 Å². The minimum atomic E-state index is -1.30. The van der Waals surface area contributed by atoms with E-state index in [0.717, 1.165) is 11.4 Å². The zero-order valence-corrected chi connectivity index (χ0v) is 16.9. The van der Waals surface area contributed by atoms with Crippen LogP contribution in [0.5, 0.6) is 0 Å². The van der Waals surface area contributed by atoms with Gasteiger partial charge in [-0.05, 0) is 31.2 Å². The summed E-state index contributed by atoms with van der Waals surface area (Å²) in [5, 5.41) is 7.09. The highest BCUT2D eigenvalue weighted by molar-refractivity contribution is 7.85. The number of amides is 1. The van der Waals surface area contributed by atoms with Gasteiger partial charge in [-0.15, -0.1) is 0 Å². The summed E-state index contributed by atoms with van der Waals surface area (Å²) in [7, 11) is -1.30. The van der Waals surface area contributed by atoms with Crippen molar-refractivity contribution in [1.29, 1.82) is 0 Å². The Hall–Kier alpha value is -3.26. The predicted octanol–water partition coefficient (Wildman–Crippen LogP) is 3.10. The van der Waals surface area contributed by atoms with Crippen molar-refractivity contribution in [3.05, 3.63) is 71.9 Å². The Morgan fingerprint density at radius 2 is 1.79 bits per heavy atom. The molecule has 8 heteroatoms. The summed E-state index contributed by atoms with van der Waals surface area (Å²) in [5.41, 5.74) is 1.73. The van der Waals surface area contributed by atoms with E-state index in [4.69, 9.17) is 4.74 Å². The SMILES string of the molecule is CC[S@](=O)c1ccccc1C(=O)OCC(=O)Nc1cc(C)nn1-c1ccccc1. The summed E-state index contributed by atoms with van der Waals surface area (Å²) >= 11 is 0. The summed E-state index contributed by atoms with van der Waals surface area (Å²) in [6, 6.07) is 17.6. The van der Waals surface area contributed by atoms with Crippen LogP contribution in [0.1, 0.15) is 23.0 Å². The van der Waals surface area contributed by atoms with Gasteiger partial charge in [-0.1, -0.05) is 37.3 Å². The van der Waals surface area contributed by atoms with E-state index in [1.54, 1.807) is 35.9 Å². The van der Waals surface area contributed by atoms with Crippen LogP contribution in [-0.2, 0) is 20.3 Å². The van der Waals surface area contributed by atoms with Gasteiger partial charge in [0, 0.05) is 11.8 Å². The number of para-hydroxylation sites is 1. The summed E-state index contributed by atoms with van der Waals surface area (Å²) in [6.07, 6.45) is 0. The third kappa shape index (κ3) is 4.97. The maximum atomic E-state index is 12.4. The van der Waals surface area contributed by atoms with Crippen LogP contribution in [0.25, 0.3) is 5.69 Å². The number of hydrogen-bond donors (Lipinski definition) is 1. The molecule has 1 heterocycles. The fourth-order valence-corrected chi connectivity index (χ4v) is 3.67. The molecule has 1 atom stereocenters. The van der Waals surface area contributed by atoms with Crippen LogP contribution in [0.15, 0.2) is 65.6 Å². The van der Waals surface area contributed by atoms with Gasteiger partial charge in [0.1, 0.15) is 5.82 Å². The van der Waals surface area contributed by atoms with Gasteiger partial charge >= 0.3 is 5.97 Å². The molecule has 3 rings (SSSR count). The first-order valence-electron chi connectivity index (χ1n) is 9.06. The Morgan fingerprint density at radius 1 is 1.10 bits per heavy atom. The van der Waals surface area contributed by atoms with Gasteiger partial charge in [0.25, 0.3) is 5.91 Å². The average molecular weight is 411 g/mol. The monoisotopic (exact) mass is 411 g/mol. The van der Waals surface area contributed by atoms with Crippen LogP contribution >= 0.6 is 0 Å². The molecular weight excluding hydrogens is 390 g/mol. The predicted molar refractivity (Wildman–Crippen MR) is 111 cm³/mol. The number of aromatic nitrogens is 2. The quantitative estimate of drug-likeness (QED) is 0.604. The van der Waals surface area contributed by atoms with Gasteiger partial charge in [0.15, 0.2) is 6.61 Å². The van der Waals surface area contributed by atoms with Crippen molar-refractivity contribution in [2.24, 2.45) is 0 Å². The fraction of sp³-hybridized carbons (Fsp3) is 0.190. The maximum Gasteiger partial charge on any atom is 0.339 e. The number of aryl methyl sites for hydroxylation is 1. The standard InChI is InChI=1S/C21H21N3O4S/c1-3-29(27)18-12-8-7-11-17(18)21(26)28-14-20(25)22-19-13-15(2)23-24(19)16-9-5-4-6-10-16/h4-13H,3,14H2,1-2H3,(H,22,25)/t29-/m0/s1. The highest BCUT2D eigenvalue weighted by atomic mass is 32.2. The number of carbonyl (C=O) groups is 2. The molecule has 1 amide bonds. The third-order valence-corrected chi connectivity index (χ3v) is 5.42. The van der Waals surface area contributed by atoms with Crippen molar-refractivity contribution >= 4 is 28.5 Å². The van der Waals surface area contributed by atoms with E-state index in [2.05, 4.69) is 10.4 Å². The van der Waals surface area contributed by atoms with Crippen molar-refractivity contribution < 1.29 is 18.5 Å². The number of ether oxygens (including phenoxy) is 1. The zero-order valence-electron chi connectivity index (χ0n) is 16.1. The second-order valence-electron chi connectivity index (χ2n) is 6.17. The number of esters is 1. The zero-order chi connectivity index (χ0) is 20.8. The van der Waals surface area contributed by atoms with E-state index >= 15 is 0 Å². The number of nitrogens with one attached hydrogen (secondary N) is 1. The van der Waals surface area contributed by atoms with Crippen LogP contribution in [0, 0.1) is 6.92 Å². The maximum absolute atomic E-state index is 12.4. The van der Waals surface area contributed by atoms with Gasteiger partial charge in [0.2, 0.25) is 0 Å². The summed E-state index contributed by atoms with van der Waals surface area (Å²) < 4.78 is 18.8. The molecule has 2 aromatic carbocycles. The molecule has 7 nitrogen and oxygen atoms in total. The third-order valence-electron chi connectivity index (χ3n) is 4.05. The molecule has 1 aromatic heterocycles. The average Bonchev–Trinajstić information content (AvgIpc) is 3.12. The summed E-state index contributed by atoms with van der Waals surface area (Å²) in [6.45, 7) is 3.12. The molecule has 0 aliphatic rings. The van der Waals surface area contributed by atoms with Crippen molar-refractivity contribution in [2.75, 3.05) is 17.7 Å². The van der Waals surface area contributed by atoms with Crippen LogP contribution in [0.3, 0.4) is 0 Å². The Labute approximate surface area is 171 Å². The topological polar surface area (TPSA) is 90.3 Å². The summed E-state index contributed by atoms with van der Waals surface area (Å²) in [5.74, 6) is -0.329. The molecule has 0 unspecified atom stereocenters. The lowest BCUT2D eigenvalue weighted by atomic mass is 10.2. The Kier molecular flexibility index (Phi) is 6.56. The van der Waals surface area contributed by atoms with Crippen LogP contribution in [0.2, 0.25) is 0 Å². The normalized spacial score (nSPS) is 11.7. The molecule has 1 N–H and O–H groups in total. The van der Waals surface area contributed by atoms with Gasteiger partial charge in [-0.25, -0.2) is 9.48 Å². The molecule has 0 aliphatic carbocycles. The molecule has 0 spiro atoms. The first-order chi connectivity index (χ1) is 14.0. The van der Waals surface area contributed by atoms with E-state index < -0.39 is 29.3 Å². The highest BCUT2D eigenvalue weighted by Crippen LogP contribution is 2.17. The van der Waals surface area contributed by atoms with Crippen molar-refractivity contribution in [3.8, 4) is 5.69 Å². The van der Waals surface area contributed by atoms with Crippen molar-refractivity contribution in [1.82, 2.24) is 9.78 Å². The van der Waals surface area contributed by atoms with Crippen molar-refractivity contribution in [2.45, 2.75) is 18.7 Å². The Balaban J connectivity index is 1.68. The van der Waals surface area contributed by atoms with Crippen LogP contribution in [0.4, 0.5) is 5.82 Å². The molecule has 3 aromatic rings. The van der Waals surface area contributed by atoms with Crippen LogP contribution < -0.4 is 5.32 Å². The number of nitrogens with zero attached hydrogens (tertiary/aromatic N) is 2. The smallest absolute Gasteiger partial charge is 0.339 e. The van der Waals surface area contributed by atoms with Crippen molar-refractivity contribution in [3.63, 3.8) is 0 Å². The van der Waals surface area contributed by atoms with E-state index in [1.165, 1.54) is 6.07 Å². The Morgan fingerprint density at radius 3 is 2.52 bits per heavy atom. The number of hydrogen-bond acceptors (Lipinski definition) is 5. The Bertz CT molecular complexity index is 1050.